The van der Waals surface area contributed by atoms with Crippen LogP contribution in [0.5, 0.6) is 0 Å². The van der Waals surface area contributed by atoms with Gasteiger partial charge in [-0.1, -0.05) is 13.3 Å². The molecule has 1 heterocycles. The van der Waals surface area contributed by atoms with Gasteiger partial charge in [0.25, 0.3) is 0 Å². The number of halogens is 3. The molecule has 0 atom stereocenters. The SMILES string of the molecule is CC1CCN(CCNC(=O)C2(C(F)(F)F)CCC2)CC1. The van der Waals surface area contributed by atoms with Gasteiger partial charge in [-0.15, -0.1) is 0 Å². The van der Waals surface area contributed by atoms with Crippen molar-refractivity contribution in [2.24, 2.45) is 11.3 Å². The second-order valence-electron chi connectivity index (χ2n) is 6.21. The minimum Gasteiger partial charge on any atom is -0.354 e. The first-order valence-electron chi connectivity index (χ1n) is 7.42. The Morgan fingerprint density at radius 2 is 1.90 bits per heavy atom. The Hall–Kier alpha value is -0.780. The van der Waals surface area contributed by atoms with E-state index in [9.17, 15) is 18.0 Å². The van der Waals surface area contributed by atoms with Crippen LogP contribution in [-0.2, 0) is 4.79 Å². The van der Waals surface area contributed by atoms with E-state index in [1.807, 2.05) is 0 Å². The van der Waals surface area contributed by atoms with E-state index in [4.69, 9.17) is 0 Å². The molecule has 1 saturated carbocycles. The molecule has 1 amide bonds. The van der Waals surface area contributed by atoms with Crippen LogP contribution in [0.4, 0.5) is 13.2 Å². The van der Waals surface area contributed by atoms with Crippen LogP contribution in [0.3, 0.4) is 0 Å². The molecule has 0 spiro atoms. The zero-order valence-electron chi connectivity index (χ0n) is 11.9. The highest BCUT2D eigenvalue weighted by Gasteiger charge is 2.63. The minimum atomic E-state index is -4.42. The van der Waals surface area contributed by atoms with E-state index in [-0.39, 0.29) is 12.8 Å². The van der Waals surface area contributed by atoms with Crippen molar-refractivity contribution in [1.82, 2.24) is 10.2 Å². The van der Waals surface area contributed by atoms with Crippen LogP contribution in [-0.4, -0.2) is 43.2 Å². The van der Waals surface area contributed by atoms with Crippen molar-refractivity contribution in [3.8, 4) is 0 Å². The number of nitrogens with zero attached hydrogens (tertiary/aromatic N) is 1. The fourth-order valence-corrected chi connectivity index (χ4v) is 2.95. The standard InChI is InChI=1S/C14H23F3N2O/c1-11-3-8-19(9-4-11)10-7-18-12(20)13(5-2-6-13)14(15,16)17/h11H,2-10H2,1H3,(H,18,20). The maximum atomic E-state index is 13.0. The number of nitrogens with one attached hydrogen (secondary N) is 1. The van der Waals surface area contributed by atoms with Gasteiger partial charge in [0.15, 0.2) is 0 Å². The minimum absolute atomic E-state index is 0.0659. The fraction of sp³-hybridized carbons (Fsp3) is 0.929. The van der Waals surface area contributed by atoms with Crippen molar-refractivity contribution in [3.05, 3.63) is 0 Å². The molecule has 1 N–H and O–H groups in total. The molecule has 1 aliphatic carbocycles. The molecule has 2 fully saturated rings. The number of amides is 1. The summed E-state index contributed by atoms with van der Waals surface area (Å²) in [6, 6.07) is 0. The Labute approximate surface area is 117 Å². The smallest absolute Gasteiger partial charge is 0.354 e. The van der Waals surface area contributed by atoms with Gasteiger partial charge in [-0.25, -0.2) is 0 Å². The summed E-state index contributed by atoms with van der Waals surface area (Å²) >= 11 is 0. The highest BCUT2D eigenvalue weighted by molar-refractivity contribution is 5.84. The summed E-state index contributed by atoms with van der Waals surface area (Å²) < 4.78 is 38.9. The Balaban J connectivity index is 1.75. The highest BCUT2D eigenvalue weighted by atomic mass is 19.4. The molecule has 2 aliphatic rings. The topological polar surface area (TPSA) is 32.3 Å². The molecule has 1 saturated heterocycles. The van der Waals surface area contributed by atoms with E-state index in [2.05, 4.69) is 17.1 Å². The fourth-order valence-electron chi connectivity index (χ4n) is 2.95. The highest BCUT2D eigenvalue weighted by Crippen LogP contribution is 2.53. The Morgan fingerprint density at radius 3 is 2.35 bits per heavy atom. The maximum absolute atomic E-state index is 13.0. The summed E-state index contributed by atoms with van der Waals surface area (Å²) in [6.07, 6.45) is -1.82. The predicted octanol–water partition coefficient (Wildman–Crippen LogP) is 2.57. The number of hydrogen-bond donors (Lipinski definition) is 1. The Bertz CT molecular complexity index is 345. The van der Waals surface area contributed by atoms with Crippen molar-refractivity contribution in [2.75, 3.05) is 26.2 Å². The summed E-state index contributed by atoms with van der Waals surface area (Å²) in [5.74, 6) is -0.106. The molecule has 0 bridgehead atoms. The summed E-state index contributed by atoms with van der Waals surface area (Å²) in [5, 5.41) is 2.49. The third-order valence-electron chi connectivity index (χ3n) is 4.77. The van der Waals surface area contributed by atoms with E-state index < -0.39 is 17.5 Å². The normalized spacial score (nSPS) is 24.2. The van der Waals surface area contributed by atoms with Crippen molar-refractivity contribution in [1.29, 1.82) is 0 Å². The van der Waals surface area contributed by atoms with Gasteiger partial charge in [-0.3, -0.25) is 4.79 Å². The molecule has 20 heavy (non-hydrogen) atoms. The first-order chi connectivity index (χ1) is 9.35. The third kappa shape index (κ3) is 3.10. The second-order valence-corrected chi connectivity index (χ2v) is 6.21. The second kappa shape index (κ2) is 5.92. The molecule has 0 aromatic heterocycles. The van der Waals surface area contributed by atoms with Crippen LogP contribution < -0.4 is 5.32 Å². The monoisotopic (exact) mass is 292 g/mol. The van der Waals surface area contributed by atoms with Crippen LogP contribution >= 0.6 is 0 Å². The zero-order valence-corrected chi connectivity index (χ0v) is 11.9. The number of piperidine rings is 1. The molecular weight excluding hydrogens is 269 g/mol. The molecular formula is C14H23F3N2O. The summed E-state index contributed by atoms with van der Waals surface area (Å²) in [7, 11) is 0. The largest absolute Gasteiger partial charge is 0.403 e. The summed E-state index contributed by atoms with van der Waals surface area (Å²) in [4.78, 5) is 14.0. The molecule has 1 aliphatic heterocycles. The molecule has 2 rings (SSSR count). The Morgan fingerprint density at radius 1 is 1.30 bits per heavy atom. The van der Waals surface area contributed by atoms with Gasteiger partial charge in [0.05, 0.1) is 0 Å². The predicted molar refractivity (Wildman–Crippen MR) is 70.2 cm³/mol. The summed E-state index contributed by atoms with van der Waals surface area (Å²) in [6.45, 7) is 5.11. The molecule has 0 aromatic rings. The van der Waals surface area contributed by atoms with Crippen molar-refractivity contribution in [2.45, 2.75) is 45.2 Å². The molecule has 6 heteroatoms. The van der Waals surface area contributed by atoms with Crippen LogP contribution in [0.2, 0.25) is 0 Å². The van der Waals surface area contributed by atoms with Gasteiger partial charge < -0.3 is 10.2 Å². The van der Waals surface area contributed by atoms with Crippen LogP contribution in [0, 0.1) is 11.3 Å². The van der Waals surface area contributed by atoms with E-state index in [1.54, 1.807) is 0 Å². The van der Waals surface area contributed by atoms with Gasteiger partial charge in [-0.2, -0.15) is 13.2 Å². The number of alkyl halides is 3. The van der Waals surface area contributed by atoms with E-state index in [1.165, 1.54) is 0 Å². The average Bonchev–Trinajstić information content (AvgIpc) is 2.28. The molecule has 3 nitrogen and oxygen atoms in total. The van der Waals surface area contributed by atoms with Crippen LogP contribution in [0.1, 0.15) is 39.0 Å². The zero-order chi connectivity index (χ0) is 14.8. The average molecular weight is 292 g/mol. The van der Waals surface area contributed by atoms with Gasteiger partial charge >= 0.3 is 6.18 Å². The molecule has 0 aromatic carbocycles. The van der Waals surface area contributed by atoms with Crippen LogP contribution in [0.15, 0.2) is 0 Å². The van der Waals surface area contributed by atoms with Gasteiger partial charge in [0, 0.05) is 13.1 Å². The van der Waals surface area contributed by atoms with E-state index in [0.717, 1.165) is 31.8 Å². The number of rotatable bonds is 4. The lowest BCUT2D eigenvalue weighted by Gasteiger charge is -2.41. The number of carbonyl (C=O) groups is 1. The van der Waals surface area contributed by atoms with Gasteiger partial charge in [-0.05, 0) is 44.7 Å². The van der Waals surface area contributed by atoms with Gasteiger partial charge in [0.2, 0.25) is 5.91 Å². The molecule has 0 radical (unpaired) electrons. The lowest BCUT2D eigenvalue weighted by molar-refractivity contribution is -0.243. The quantitative estimate of drug-likeness (QED) is 0.863. The van der Waals surface area contributed by atoms with Gasteiger partial charge in [0.1, 0.15) is 5.41 Å². The van der Waals surface area contributed by atoms with E-state index in [0.29, 0.717) is 19.5 Å². The van der Waals surface area contributed by atoms with Crippen LogP contribution in [0.25, 0.3) is 0 Å². The number of carbonyl (C=O) groups excluding carboxylic acids is 1. The Kier molecular flexibility index (Phi) is 4.62. The van der Waals surface area contributed by atoms with Crippen molar-refractivity contribution >= 4 is 5.91 Å². The molecule has 116 valence electrons. The van der Waals surface area contributed by atoms with Crippen molar-refractivity contribution < 1.29 is 18.0 Å². The number of hydrogen-bond acceptors (Lipinski definition) is 2. The third-order valence-corrected chi connectivity index (χ3v) is 4.77. The van der Waals surface area contributed by atoms with E-state index >= 15 is 0 Å². The summed E-state index contributed by atoms with van der Waals surface area (Å²) in [5.41, 5.74) is -2.11. The lowest BCUT2D eigenvalue weighted by Crippen LogP contribution is -2.55. The van der Waals surface area contributed by atoms with Crippen molar-refractivity contribution in [3.63, 3.8) is 0 Å². The molecule has 0 unspecified atom stereocenters. The lowest BCUT2D eigenvalue weighted by atomic mass is 9.67. The number of likely N-dealkylation sites (tertiary alicyclic amines) is 1. The maximum Gasteiger partial charge on any atom is 0.403 e. The first-order valence-corrected chi connectivity index (χ1v) is 7.42. The first kappa shape index (κ1) is 15.6.